The molecule has 1 aliphatic carbocycles. The van der Waals surface area contributed by atoms with Crippen molar-refractivity contribution in [1.82, 2.24) is 9.97 Å². The topological polar surface area (TPSA) is 59.1 Å². The summed E-state index contributed by atoms with van der Waals surface area (Å²) in [5.74, 6) is 2.36. The minimum absolute atomic E-state index is 0.680. The molecule has 0 bridgehead atoms. The number of rotatable bonds is 8. The summed E-state index contributed by atoms with van der Waals surface area (Å²) in [4.78, 5) is 8.69. The second kappa shape index (κ2) is 6.54. The number of aryl methyl sites for hydroxylation is 1. The standard InChI is InChI=1S/C13H22N4O/c1-3-14-13-16-10(2)8-12(17-13)15-6-7-18-9-11-4-5-11/h8,11H,3-7,9H2,1-2H3,(H2,14,15,16,17). The molecule has 100 valence electrons. The first-order valence-electron chi connectivity index (χ1n) is 6.69. The Bertz CT molecular complexity index is 379. The molecule has 1 fully saturated rings. The van der Waals surface area contributed by atoms with Crippen LogP contribution in [0, 0.1) is 12.8 Å². The van der Waals surface area contributed by atoms with Gasteiger partial charge in [-0.25, -0.2) is 4.98 Å². The molecule has 1 aromatic heterocycles. The number of ether oxygens (including phenoxy) is 1. The number of hydrogen-bond donors (Lipinski definition) is 2. The van der Waals surface area contributed by atoms with Crippen LogP contribution in [0.25, 0.3) is 0 Å². The molecule has 0 amide bonds. The van der Waals surface area contributed by atoms with Gasteiger partial charge in [0.05, 0.1) is 6.61 Å². The van der Waals surface area contributed by atoms with Crippen molar-refractivity contribution in [2.75, 3.05) is 36.9 Å². The Morgan fingerprint density at radius 3 is 2.89 bits per heavy atom. The highest BCUT2D eigenvalue weighted by molar-refractivity contribution is 5.41. The molecule has 2 N–H and O–H groups in total. The van der Waals surface area contributed by atoms with E-state index in [4.69, 9.17) is 4.74 Å². The third kappa shape index (κ3) is 4.49. The monoisotopic (exact) mass is 250 g/mol. The molecule has 2 rings (SSSR count). The minimum atomic E-state index is 0.680. The average molecular weight is 250 g/mol. The summed E-state index contributed by atoms with van der Waals surface area (Å²) in [6, 6.07) is 1.95. The molecule has 0 aliphatic heterocycles. The van der Waals surface area contributed by atoms with Gasteiger partial charge in [0, 0.05) is 31.5 Å². The molecule has 0 saturated heterocycles. The van der Waals surface area contributed by atoms with Gasteiger partial charge in [-0.15, -0.1) is 0 Å². The highest BCUT2D eigenvalue weighted by Gasteiger charge is 2.20. The third-order valence-electron chi connectivity index (χ3n) is 2.79. The molecule has 0 atom stereocenters. The largest absolute Gasteiger partial charge is 0.379 e. The zero-order valence-corrected chi connectivity index (χ0v) is 11.2. The van der Waals surface area contributed by atoms with E-state index in [0.717, 1.165) is 43.7 Å². The SMILES string of the molecule is CCNc1nc(C)cc(NCCOCC2CC2)n1. The van der Waals surface area contributed by atoms with Gasteiger partial charge in [-0.1, -0.05) is 0 Å². The summed E-state index contributed by atoms with van der Waals surface area (Å²) in [5.41, 5.74) is 0.961. The van der Waals surface area contributed by atoms with E-state index < -0.39 is 0 Å². The van der Waals surface area contributed by atoms with E-state index in [9.17, 15) is 0 Å². The molecule has 5 heteroatoms. The van der Waals surface area contributed by atoms with Crippen molar-refractivity contribution in [2.45, 2.75) is 26.7 Å². The van der Waals surface area contributed by atoms with Crippen LogP contribution in [0.4, 0.5) is 11.8 Å². The molecule has 1 saturated carbocycles. The summed E-state index contributed by atoms with van der Waals surface area (Å²) in [6.07, 6.45) is 2.68. The van der Waals surface area contributed by atoms with Crippen molar-refractivity contribution in [1.29, 1.82) is 0 Å². The Labute approximate surface area is 108 Å². The molecule has 0 spiro atoms. The predicted molar refractivity (Wildman–Crippen MR) is 73.0 cm³/mol. The van der Waals surface area contributed by atoms with Crippen LogP contribution in [-0.4, -0.2) is 36.3 Å². The summed E-state index contributed by atoms with van der Waals surface area (Å²) < 4.78 is 5.57. The van der Waals surface area contributed by atoms with Gasteiger partial charge in [-0.2, -0.15) is 4.98 Å². The van der Waals surface area contributed by atoms with E-state index in [1.807, 2.05) is 19.9 Å². The lowest BCUT2D eigenvalue weighted by molar-refractivity contribution is 0.134. The van der Waals surface area contributed by atoms with E-state index in [-0.39, 0.29) is 0 Å². The van der Waals surface area contributed by atoms with Crippen molar-refractivity contribution < 1.29 is 4.74 Å². The Morgan fingerprint density at radius 1 is 1.33 bits per heavy atom. The fraction of sp³-hybridized carbons (Fsp3) is 0.692. The zero-order chi connectivity index (χ0) is 12.8. The summed E-state index contributed by atoms with van der Waals surface area (Å²) in [6.45, 7) is 7.26. The van der Waals surface area contributed by atoms with E-state index in [0.29, 0.717) is 5.95 Å². The van der Waals surface area contributed by atoms with E-state index in [2.05, 4.69) is 20.6 Å². The van der Waals surface area contributed by atoms with E-state index >= 15 is 0 Å². The molecule has 1 heterocycles. The third-order valence-corrected chi connectivity index (χ3v) is 2.79. The Morgan fingerprint density at radius 2 is 2.17 bits per heavy atom. The summed E-state index contributed by atoms with van der Waals surface area (Å²) in [5, 5.41) is 6.38. The Kier molecular flexibility index (Phi) is 4.75. The van der Waals surface area contributed by atoms with Crippen molar-refractivity contribution in [3.05, 3.63) is 11.8 Å². The van der Waals surface area contributed by atoms with E-state index in [1.54, 1.807) is 0 Å². The maximum Gasteiger partial charge on any atom is 0.224 e. The van der Waals surface area contributed by atoms with Gasteiger partial charge in [-0.05, 0) is 32.6 Å². The zero-order valence-electron chi connectivity index (χ0n) is 11.2. The molecular formula is C13H22N4O. The van der Waals surface area contributed by atoms with Crippen molar-refractivity contribution >= 4 is 11.8 Å². The molecule has 18 heavy (non-hydrogen) atoms. The maximum atomic E-state index is 5.57. The van der Waals surface area contributed by atoms with E-state index in [1.165, 1.54) is 12.8 Å². The van der Waals surface area contributed by atoms with Gasteiger partial charge in [0.15, 0.2) is 0 Å². The van der Waals surface area contributed by atoms with Gasteiger partial charge in [-0.3, -0.25) is 0 Å². The molecule has 0 unspecified atom stereocenters. The number of nitrogens with zero attached hydrogens (tertiary/aromatic N) is 2. The normalized spacial score (nSPS) is 14.6. The lowest BCUT2D eigenvalue weighted by Gasteiger charge is -2.09. The summed E-state index contributed by atoms with van der Waals surface area (Å²) >= 11 is 0. The highest BCUT2D eigenvalue weighted by Crippen LogP contribution is 2.28. The van der Waals surface area contributed by atoms with Gasteiger partial charge in [0.2, 0.25) is 5.95 Å². The molecule has 5 nitrogen and oxygen atoms in total. The van der Waals surface area contributed by atoms with Crippen LogP contribution in [0.15, 0.2) is 6.07 Å². The second-order valence-electron chi connectivity index (χ2n) is 4.69. The van der Waals surface area contributed by atoms with Gasteiger partial charge in [0.25, 0.3) is 0 Å². The fourth-order valence-electron chi connectivity index (χ4n) is 1.68. The highest BCUT2D eigenvalue weighted by atomic mass is 16.5. The predicted octanol–water partition coefficient (Wildman–Crippen LogP) is 2.06. The van der Waals surface area contributed by atoms with Crippen LogP contribution in [-0.2, 0) is 4.74 Å². The molecule has 0 aromatic carbocycles. The molecular weight excluding hydrogens is 228 g/mol. The van der Waals surface area contributed by atoms with Crippen LogP contribution < -0.4 is 10.6 Å². The van der Waals surface area contributed by atoms with Crippen LogP contribution in [0.5, 0.6) is 0 Å². The first-order valence-corrected chi connectivity index (χ1v) is 6.69. The van der Waals surface area contributed by atoms with Crippen molar-refractivity contribution in [3.63, 3.8) is 0 Å². The Balaban J connectivity index is 1.72. The molecule has 1 aromatic rings. The smallest absolute Gasteiger partial charge is 0.224 e. The summed E-state index contributed by atoms with van der Waals surface area (Å²) in [7, 11) is 0. The average Bonchev–Trinajstić information content (AvgIpc) is 3.12. The molecule has 0 radical (unpaired) electrons. The quantitative estimate of drug-likeness (QED) is 0.692. The fourth-order valence-corrected chi connectivity index (χ4v) is 1.68. The Hall–Kier alpha value is -1.36. The first-order chi connectivity index (χ1) is 8.78. The molecule has 1 aliphatic rings. The van der Waals surface area contributed by atoms with Crippen LogP contribution in [0.1, 0.15) is 25.5 Å². The maximum absolute atomic E-state index is 5.57. The van der Waals surface area contributed by atoms with Crippen LogP contribution in [0.2, 0.25) is 0 Å². The van der Waals surface area contributed by atoms with Gasteiger partial charge < -0.3 is 15.4 Å². The first kappa shape index (κ1) is 13.1. The van der Waals surface area contributed by atoms with Crippen LogP contribution in [0.3, 0.4) is 0 Å². The van der Waals surface area contributed by atoms with Crippen molar-refractivity contribution in [2.24, 2.45) is 5.92 Å². The lowest BCUT2D eigenvalue weighted by Crippen LogP contribution is -2.13. The number of anilines is 2. The number of aromatic nitrogens is 2. The van der Waals surface area contributed by atoms with Crippen molar-refractivity contribution in [3.8, 4) is 0 Å². The van der Waals surface area contributed by atoms with Gasteiger partial charge in [0.1, 0.15) is 5.82 Å². The van der Waals surface area contributed by atoms with Gasteiger partial charge >= 0.3 is 0 Å². The second-order valence-corrected chi connectivity index (χ2v) is 4.69. The number of hydrogen-bond acceptors (Lipinski definition) is 5. The number of nitrogens with one attached hydrogen (secondary N) is 2. The lowest BCUT2D eigenvalue weighted by atomic mass is 10.4. The van der Waals surface area contributed by atoms with Crippen LogP contribution >= 0.6 is 0 Å². The minimum Gasteiger partial charge on any atom is -0.379 e.